The number of pyridine rings is 1. The van der Waals surface area contributed by atoms with Gasteiger partial charge in [-0.05, 0) is 38.0 Å². The Hall–Kier alpha value is -3.29. The molecule has 0 spiro atoms. The third-order valence-corrected chi connectivity index (χ3v) is 6.61. The van der Waals surface area contributed by atoms with Gasteiger partial charge in [-0.15, -0.1) is 0 Å². The first-order valence-electron chi connectivity index (χ1n) is 11.8. The second-order valence-corrected chi connectivity index (χ2v) is 9.28. The molecule has 4 aromatic rings. The fraction of sp³-hybridized carbons (Fsp3) is 0.370. The predicted octanol–water partition coefficient (Wildman–Crippen LogP) is 3.10. The molecule has 5 rings (SSSR count). The van der Waals surface area contributed by atoms with Gasteiger partial charge in [0.15, 0.2) is 5.65 Å². The third kappa shape index (κ3) is 4.17. The molecular weight excluding hydrogens is 428 g/mol. The Morgan fingerprint density at radius 3 is 2.38 bits per heavy atom. The zero-order valence-corrected chi connectivity index (χ0v) is 19.9. The SMILES string of the molecule is C[C@@H]1CN(Cc2nc3c(c(=O)c4ccccc4n3C)c(=O)n2CCc2ccccc2)C[C@@H](C)O1. The Morgan fingerprint density at radius 1 is 0.971 bits per heavy atom. The number of ether oxygens (including phenoxy) is 1. The van der Waals surface area contributed by atoms with Gasteiger partial charge in [0.2, 0.25) is 5.43 Å². The molecule has 7 heteroatoms. The van der Waals surface area contributed by atoms with E-state index in [0.29, 0.717) is 36.4 Å². The van der Waals surface area contributed by atoms with Gasteiger partial charge >= 0.3 is 0 Å². The molecule has 1 saturated heterocycles. The van der Waals surface area contributed by atoms with Crippen molar-refractivity contribution in [2.24, 2.45) is 7.05 Å². The quantitative estimate of drug-likeness (QED) is 0.430. The maximum atomic E-state index is 13.8. The van der Waals surface area contributed by atoms with E-state index in [4.69, 9.17) is 9.72 Å². The minimum atomic E-state index is -0.267. The van der Waals surface area contributed by atoms with Gasteiger partial charge in [0.25, 0.3) is 5.56 Å². The third-order valence-electron chi connectivity index (χ3n) is 6.61. The Labute approximate surface area is 198 Å². The molecule has 1 fully saturated rings. The van der Waals surface area contributed by atoms with Crippen LogP contribution in [0.1, 0.15) is 25.2 Å². The topological polar surface area (TPSA) is 69.4 Å². The Bertz CT molecular complexity index is 1450. The van der Waals surface area contributed by atoms with E-state index in [1.807, 2.05) is 48.0 Å². The van der Waals surface area contributed by atoms with Crippen LogP contribution in [0.25, 0.3) is 21.9 Å². The average Bonchev–Trinajstić information content (AvgIpc) is 2.82. The number of hydrogen-bond acceptors (Lipinski definition) is 5. The summed E-state index contributed by atoms with van der Waals surface area (Å²) in [6, 6.07) is 17.5. The smallest absolute Gasteiger partial charge is 0.267 e. The summed E-state index contributed by atoms with van der Waals surface area (Å²) in [5.41, 5.74) is 1.83. The Kier molecular flexibility index (Phi) is 6.06. The van der Waals surface area contributed by atoms with E-state index in [9.17, 15) is 9.59 Å². The monoisotopic (exact) mass is 458 g/mol. The summed E-state index contributed by atoms with van der Waals surface area (Å²) in [4.78, 5) is 34.4. The van der Waals surface area contributed by atoms with Crippen molar-refractivity contribution in [2.45, 2.75) is 45.6 Å². The molecule has 0 saturated carbocycles. The van der Waals surface area contributed by atoms with Crippen LogP contribution in [0.5, 0.6) is 0 Å². The molecule has 0 unspecified atom stereocenters. The number of aryl methyl sites for hydroxylation is 2. The van der Waals surface area contributed by atoms with E-state index in [2.05, 4.69) is 30.9 Å². The van der Waals surface area contributed by atoms with Gasteiger partial charge in [0.1, 0.15) is 11.2 Å². The summed E-state index contributed by atoms with van der Waals surface area (Å²) < 4.78 is 9.46. The lowest BCUT2D eigenvalue weighted by Gasteiger charge is -2.35. The number of aromatic nitrogens is 3. The lowest BCUT2D eigenvalue weighted by atomic mass is 10.1. The molecule has 1 aliphatic rings. The largest absolute Gasteiger partial charge is 0.373 e. The van der Waals surface area contributed by atoms with Crippen LogP contribution >= 0.6 is 0 Å². The molecule has 7 nitrogen and oxygen atoms in total. The van der Waals surface area contributed by atoms with Crippen LogP contribution < -0.4 is 11.0 Å². The zero-order valence-electron chi connectivity index (χ0n) is 19.9. The van der Waals surface area contributed by atoms with Gasteiger partial charge in [-0.25, -0.2) is 4.98 Å². The van der Waals surface area contributed by atoms with Gasteiger partial charge in [-0.2, -0.15) is 0 Å². The Balaban J connectivity index is 1.67. The molecule has 2 aromatic carbocycles. The summed E-state index contributed by atoms with van der Waals surface area (Å²) in [5.74, 6) is 0.681. The number of morpholine rings is 1. The predicted molar refractivity (Wildman–Crippen MR) is 134 cm³/mol. The van der Waals surface area contributed by atoms with Crippen molar-refractivity contribution in [3.63, 3.8) is 0 Å². The number of benzene rings is 2. The van der Waals surface area contributed by atoms with Gasteiger partial charge < -0.3 is 9.30 Å². The number of fused-ring (bicyclic) bond motifs is 2. The van der Waals surface area contributed by atoms with Gasteiger partial charge in [0.05, 0.1) is 24.3 Å². The molecule has 0 amide bonds. The van der Waals surface area contributed by atoms with Crippen molar-refractivity contribution < 1.29 is 4.74 Å². The molecule has 0 aliphatic carbocycles. The highest BCUT2D eigenvalue weighted by Gasteiger charge is 2.25. The highest BCUT2D eigenvalue weighted by Crippen LogP contribution is 2.18. The van der Waals surface area contributed by atoms with Crippen molar-refractivity contribution in [1.82, 2.24) is 19.0 Å². The van der Waals surface area contributed by atoms with Crippen LogP contribution in [0.4, 0.5) is 0 Å². The first-order valence-corrected chi connectivity index (χ1v) is 11.8. The van der Waals surface area contributed by atoms with Crippen LogP contribution in [0.3, 0.4) is 0 Å². The lowest BCUT2D eigenvalue weighted by Crippen LogP contribution is -2.46. The van der Waals surface area contributed by atoms with Gasteiger partial charge in [0, 0.05) is 32.1 Å². The molecule has 34 heavy (non-hydrogen) atoms. The molecule has 2 aromatic heterocycles. The highest BCUT2D eigenvalue weighted by atomic mass is 16.5. The summed E-state index contributed by atoms with van der Waals surface area (Å²) in [6.45, 7) is 6.66. The number of rotatable bonds is 5. The second-order valence-electron chi connectivity index (χ2n) is 9.28. The van der Waals surface area contributed by atoms with E-state index < -0.39 is 0 Å². The first kappa shape index (κ1) is 22.5. The van der Waals surface area contributed by atoms with Crippen LogP contribution in [-0.2, 0) is 31.3 Å². The van der Waals surface area contributed by atoms with E-state index in [1.54, 1.807) is 10.6 Å². The van der Waals surface area contributed by atoms with Crippen molar-refractivity contribution in [3.05, 3.63) is 86.6 Å². The van der Waals surface area contributed by atoms with Crippen molar-refractivity contribution in [2.75, 3.05) is 13.1 Å². The lowest BCUT2D eigenvalue weighted by molar-refractivity contribution is -0.0713. The summed E-state index contributed by atoms with van der Waals surface area (Å²) in [6.07, 6.45) is 0.911. The number of hydrogen-bond donors (Lipinski definition) is 0. The van der Waals surface area contributed by atoms with Crippen LogP contribution in [0.15, 0.2) is 64.2 Å². The molecule has 2 atom stereocenters. The standard InChI is InChI=1S/C27H30N4O3/c1-18-15-30(16-19(2)34-18)17-23-28-26-24(25(32)21-11-7-8-12-22(21)29(26)3)27(33)31(23)14-13-20-9-5-4-6-10-20/h4-12,18-19H,13-17H2,1-3H3/t18-,19-/m1/s1. The maximum absolute atomic E-state index is 13.8. The molecule has 0 N–H and O–H groups in total. The Morgan fingerprint density at radius 2 is 1.65 bits per heavy atom. The molecule has 176 valence electrons. The van der Waals surface area contributed by atoms with E-state index in [-0.39, 0.29) is 28.6 Å². The molecule has 0 radical (unpaired) electrons. The molecular formula is C27H30N4O3. The number of nitrogens with zero attached hydrogens (tertiary/aromatic N) is 4. The number of para-hydroxylation sites is 1. The van der Waals surface area contributed by atoms with Crippen LogP contribution in [0.2, 0.25) is 0 Å². The fourth-order valence-electron chi connectivity index (χ4n) is 5.08. The summed E-state index contributed by atoms with van der Waals surface area (Å²) in [7, 11) is 1.87. The van der Waals surface area contributed by atoms with Crippen molar-refractivity contribution in [3.8, 4) is 0 Å². The van der Waals surface area contributed by atoms with E-state index >= 15 is 0 Å². The summed E-state index contributed by atoms with van der Waals surface area (Å²) in [5, 5.41) is 0.691. The molecule has 3 heterocycles. The minimum absolute atomic E-state index is 0.113. The van der Waals surface area contributed by atoms with E-state index in [0.717, 1.165) is 24.2 Å². The fourth-order valence-corrected chi connectivity index (χ4v) is 5.08. The maximum Gasteiger partial charge on any atom is 0.267 e. The second kappa shape index (κ2) is 9.16. The molecule has 0 bridgehead atoms. The van der Waals surface area contributed by atoms with Crippen LogP contribution in [0, 0.1) is 0 Å². The average molecular weight is 459 g/mol. The normalized spacial score (nSPS) is 19.1. The zero-order chi connectivity index (χ0) is 23.8. The minimum Gasteiger partial charge on any atom is -0.373 e. The van der Waals surface area contributed by atoms with Gasteiger partial charge in [-0.1, -0.05) is 42.5 Å². The van der Waals surface area contributed by atoms with Gasteiger partial charge in [-0.3, -0.25) is 19.1 Å². The van der Waals surface area contributed by atoms with Crippen molar-refractivity contribution in [1.29, 1.82) is 0 Å². The first-order chi connectivity index (χ1) is 16.4. The molecule has 1 aliphatic heterocycles. The van der Waals surface area contributed by atoms with Crippen LogP contribution in [-0.4, -0.2) is 44.3 Å². The van der Waals surface area contributed by atoms with Crippen molar-refractivity contribution >= 4 is 21.9 Å². The summed E-state index contributed by atoms with van der Waals surface area (Å²) >= 11 is 0. The highest BCUT2D eigenvalue weighted by molar-refractivity contribution is 5.91. The van der Waals surface area contributed by atoms with E-state index in [1.165, 1.54) is 0 Å².